The first-order valence-corrected chi connectivity index (χ1v) is 13.9. The van der Waals surface area contributed by atoms with Gasteiger partial charge in [0.1, 0.15) is 35.4 Å². The van der Waals surface area contributed by atoms with Crippen molar-refractivity contribution in [1.29, 1.82) is 5.26 Å². The van der Waals surface area contributed by atoms with Crippen LogP contribution in [0.1, 0.15) is 17.0 Å². The van der Waals surface area contributed by atoms with Gasteiger partial charge in [-0.15, -0.1) is 5.10 Å². The Morgan fingerprint density at radius 2 is 1.51 bits per heavy atom. The van der Waals surface area contributed by atoms with Crippen LogP contribution in [0.25, 0.3) is 11.1 Å². The predicted octanol–water partition coefficient (Wildman–Crippen LogP) is 4.29. The molecule has 4 heterocycles. The summed E-state index contributed by atoms with van der Waals surface area (Å²) in [5.41, 5.74) is -1.25. The molecule has 0 radical (unpaired) electrons. The summed E-state index contributed by atoms with van der Waals surface area (Å²) in [6, 6.07) is 17.7. The number of tetrazole rings is 1. The lowest BCUT2D eigenvalue weighted by molar-refractivity contribution is -0.207. The SMILES string of the molecule is N#Cc1ccc(N2CCN(c3ccc(-c4ccc(C(F)(F)[C@](O)(Cn5cnnn5)c5ccc(F)cc5F)nc4)cc3)CC2)cn1. The van der Waals surface area contributed by atoms with Crippen molar-refractivity contribution in [1.82, 2.24) is 30.2 Å². The molecule has 2 aromatic carbocycles. The van der Waals surface area contributed by atoms with Gasteiger partial charge in [-0.1, -0.05) is 18.2 Å². The van der Waals surface area contributed by atoms with Crippen molar-refractivity contribution >= 4 is 11.4 Å². The molecule has 0 unspecified atom stereocenters. The molecular weight excluding hydrogens is 590 g/mol. The number of nitriles is 1. The van der Waals surface area contributed by atoms with Crippen molar-refractivity contribution in [2.45, 2.75) is 18.1 Å². The molecule has 1 N–H and O–H groups in total. The van der Waals surface area contributed by atoms with Crippen molar-refractivity contribution in [2.24, 2.45) is 0 Å². The molecule has 1 fully saturated rings. The molecule has 0 aliphatic carbocycles. The zero-order valence-corrected chi connectivity index (χ0v) is 23.6. The van der Waals surface area contributed by atoms with E-state index < -0.39 is 41.0 Å². The summed E-state index contributed by atoms with van der Waals surface area (Å²) in [4.78, 5) is 12.5. The van der Waals surface area contributed by atoms with Crippen molar-refractivity contribution in [3.63, 3.8) is 0 Å². The van der Waals surface area contributed by atoms with E-state index in [1.165, 1.54) is 12.3 Å². The minimum atomic E-state index is -4.14. The van der Waals surface area contributed by atoms with Crippen molar-refractivity contribution < 1.29 is 22.7 Å². The van der Waals surface area contributed by atoms with E-state index in [0.29, 0.717) is 17.3 Å². The van der Waals surface area contributed by atoms with Gasteiger partial charge in [0.2, 0.25) is 0 Å². The molecule has 1 aliphatic rings. The van der Waals surface area contributed by atoms with E-state index >= 15 is 8.78 Å². The van der Waals surface area contributed by atoms with Crippen LogP contribution < -0.4 is 9.80 Å². The lowest BCUT2D eigenvalue weighted by Gasteiger charge is -2.37. The number of piperazine rings is 1. The summed E-state index contributed by atoms with van der Waals surface area (Å²) in [6.45, 7) is 2.16. The molecule has 14 heteroatoms. The highest BCUT2D eigenvalue weighted by atomic mass is 19.3. The highest BCUT2D eigenvalue weighted by Gasteiger charge is 2.58. The van der Waals surface area contributed by atoms with Gasteiger partial charge in [0.15, 0.2) is 5.60 Å². The Hall–Kier alpha value is -5.42. The number of pyridine rings is 2. The van der Waals surface area contributed by atoms with E-state index in [4.69, 9.17) is 5.26 Å². The van der Waals surface area contributed by atoms with Gasteiger partial charge in [-0.25, -0.2) is 18.4 Å². The van der Waals surface area contributed by atoms with Crippen LogP contribution in [0.2, 0.25) is 0 Å². The van der Waals surface area contributed by atoms with Crippen LogP contribution in [-0.4, -0.2) is 61.5 Å². The largest absolute Gasteiger partial charge is 0.377 e. The molecule has 45 heavy (non-hydrogen) atoms. The van der Waals surface area contributed by atoms with Gasteiger partial charge in [0.05, 0.1) is 18.4 Å². The molecule has 0 amide bonds. The normalized spacial score (nSPS) is 15.0. The predicted molar refractivity (Wildman–Crippen MR) is 155 cm³/mol. The van der Waals surface area contributed by atoms with E-state index in [-0.39, 0.29) is 0 Å². The summed E-state index contributed by atoms with van der Waals surface area (Å²) in [5.74, 6) is -6.48. The Balaban J connectivity index is 1.18. The van der Waals surface area contributed by atoms with Gasteiger partial charge in [-0.05, 0) is 58.5 Å². The number of rotatable bonds is 8. The third-order valence-electron chi connectivity index (χ3n) is 7.84. The zero-order chi connectivity index (χ0) is 31.6. The fourth-order valence-electron chi connectivity index (χ4n) is 5.35. The van der Waals surface area contributed by atoms with E-state index in [0.717, 1.165) is 72.3 Å². The first kappa shape index (κ1) is 29.6. The maximum absolute atomic E-state index is 16.0. The Morgan fingerprint density at radius 1 is 0.822 bits per heavy atom. The lowest BCUT2D eigenvalue weighted by atomic mass is 9.84. The van der Waals surface area contributed by atoms with Crippen LogP contribution in [0.4, 0.5) is 28.9 Å². The van der Waals surface area contributed by atoms with Gasteiger partial charge in [-0.3, -0.25) is 4.98 Å². The van der Waals surface area contributed by atoms with E-state index in [1.807, 2.05) is 36.4 Å². The third kappa shape index (κ3) is 5.77. The fourth-order valence-corrected chi connectivity index (χ4v) is 5.35. The smallest absolute Gasteiger partial charge is 0.323 e. The van der Waals surface area contributed by atoms with Gasteiger partial charge < -0.3 is 14.9 Å². The Bertz CT molecular complexity index is 1800. The number of hydrogen-bond acceptors (Lipinski definition) is 9. The third-order valence-corrected chi connectivity index (χ3v) is 7.84. The number of aliphatic hydroxyl groups is 1. The van der Waals surface area contributed by atoms with E-state index in [2.05, 4.69) is 35.3 Å². The lowest BCUT2D eigenvalue weighted by Crippen LogP contribution is -2.48. The molecule has 0 saturated carbocycles. The zero-order valence-electron chi connectivity index (χ0n) is 23.6. The highest BCUT2D eigenvalue weighted by Crippen LogP contribution is 2.47. The second-order valence-corrected chi connectivity index (χ2v) is 10.5. The van der Waals surface area contributed by atoms with Crippen LogP contribution in [0.3, 0.4) is 0 Å². The standard InChI is InChI=1S/C31H25F4N9O/c32-23-4-9-27(28(33)15-23)30(45,19-44-20-39-40-41-44)31(34,35)29-10-3-22(17-38-29)21-1-6-25(7-2-21)42-11-13-43(14-12-42)26-8-5-24(16-36)37-18-26/h1-10,15,17-18,20,45H,11-14,19H2/t30-/m0/s1. The molecule has 6 rings (SSSR count). The molecule has 228 valence electrons. The number of aromatic nitrogens is 6. The maximum atomic E-state index is 16.0. The minimum absolute atomic E-state index is 0.374. The summed E-state index contributed by atoms with van der Waals surface area (Å²) in [7, 11) is 0. The number of anilines is 2. The first-order chi connectivity index (χ1) is 21.7. The topological polar surface area (TPSA) is 120 Å². The molecule has 0 bridgehead atoms. The summed E-state index contributed by atoms with van der Waals surface area (Å²) < 4.78 is 61.3. The Labute approximate surface area is 254 Å². The van der Waals surface area contributed by atoms with Crippen LogP contribution >= 0.6 is 0 Å². The summed E-state index contributed by atoms with van der Waals surface area (Å²) >= 11 is 0. The highest BCUT2D eigenvalue weighted by molar-refractivity contribution is 5.66. The average Bonchev–Trinajstić information content (AvgIpc) is 3.58. The number of hydrogen-bond donors (Lipinski definition) is 1. The quantitative estimate of drug-likeness (QED) is 0.255. The number of nitrogens with zero attached hydrogens (tertiary/aromatic N) is 9. The Kier molecular flexibility index (Phi) is 7.86. The van der Waals surface area contributed by atoms with Crippen LogP contribution in [-0.2, 0) is 18.1 Å². The monoisotopic (exact) mass is 615 g/mol. The molecule has 0 spiro atoms. The molecule has 3 aromatic heterocycles. The van der Waals surface area contributed by atoms with Gasteiger partial charge in [0, 0.05) is 55.3 Å². The molecular formula is C31H25F4N9O. The van der Waals surface area contributed by atoms with Gasteiger partial charge in [-0.2, -0.15) is 14.0 Å². The maximum Gasteiger partial charge on any atom is 0.323 e. The fraction of sp³-hybridized carbons (Fsp3) is 0.226. The molecule has 1 aliphatic heterocycles. The second-order valence-electron chi connectivity index (χ2n) is 10.5. The minimum Gasteiger partial charge on any atom is -0.377 e. The molecule has 1 atom stereocenters. The van der Waals surface area contributed by atoms with Crippen molar-refractivity contribution in [3.8, 4) is 17.2 Å². The van der Waals surface area contributed by atoms with Gasteiger partial charge >= 0.3 is 5.92 Å². The molecule has 10 nitrogen and oxygen atoms in total. The van der Waals surface area contributed by atoms with E-state index in [9.17, 15) is 13.9 Å². The van der Waals surface area contributed by atoms with Gasteiger partial charge in [0.25, 0.3) is 0 Å². The van der Waals surface area contributed by atoms with Crippen molar-refractivity contribution in [3.05, 3.63) is 114 Å². The summed E-state index contributed by atoms with van der Waals surface area (Å²) in [5, 5.41) is 30.6. The van der Waals surface area contributed by atoms with Crippen molar-refractivity contribution in [2.75, 3.05) is 36.0 Å². The van der Waals surface area contributed by atoms with E-state index in [1.54, 1.807) is 12.3 Å². The Morgan fingerprint density at radius 3 is 2.09 bits per heavy atom. The molecule has 5 aromatic rings. The number of benzene rings is 2. The number of alkyl halides is 2. The first-order valence-electron chi connectivity index (χ1n) is 13.9. The molecule has 1 saturated heterocycles. The summed E-state index contributed by atoms with van der Waals surface area (Å²) in [6.07, 6.45) is 3.95. The van der Waals surface area contributed by atoms with Crippen LogP contribution in [0.5, 0.6) is 0 Å². The average molecular weight is 616 g/mol. The second kappa shape index (κ2) is 11.9. The number of halogens is 4. The van der Waals surface area contributed by atoms with Crippen LogP contribution in [0.15, 0.2) is 85.5 Å². The van der Waals surface area contributed by atoms with Crippen LogP contribution in [0, 0.1) is 23.0 Å².